The number of aryl methyl sites for hydroxylation is 1. The third-order valence-electron chi connectivity index (χ3n) is 2.66. The van der Waals surface area contributed by atoms with Crippen molar-refractivity contribution in [2.45, 2.75) is 26.5 Å². The van der Waals surface area contributed by atoms with Gasteiger partial charge < -0.3 is 19.7 Å². The van der Waals surface area contributed by atoms with Crippen LogP contribution < -0.4 is 15.2 Å². The Morgan fingerprint density at radius 3 is 2.84 bits per heavy atom. The Labute approximate surface area is 111 Å². The van der Waals surface area contributed by atoms with Crippen LogP contribution in [0.15, 0.2) is 22.7 Å². The fraction of sp³-hybridized carbons (Fsp3) is 0.385. The zero-order chi connectivity index (χ0) is 13.7. The summed E-state index contributed by atoms with van der Waals surface area (Å²) in [6, 6.07) is 5.52. The molecule has 1 aromatic heterocycles. The van der Waals surface area contributed by atoms with Crippen molar-refractivity contribution in [3.8, 4) is 11.5 Å². The molecular formula is C13H17N3O3. The van der Waals surface area contributed by atoms with E-state index in [1.807, 2.05) is 19.1 Å². The second-order valence-corrected chi connectivity index (χ2v) is 3.92. The summed E-state index contributed by atoms with van der Waals surface area (Å²) >= 11 is 0. The maximum Gasteiger partial charge on any atom is 0.226 e. The van der Waals surface area contributed by atoms with Crippen molar-refractivity contribution >= 4 is 0 Å². The molecule has 0 atom stereocenters. The molecule has 1 aromatic carbocycles. The Morgan fingerprint density at radius 1 is 1.37 bits per heavy atom. The lowest BCUT2D eigenvalue weighted by atomic mass is 10.2. The molecular weight excluding hydrogens is 246 g/mol. The molecule has 0 fully saturated rings. The normalized spacial score (nSPS) is 10.5. The van der Waals surface area contributed by atoms with E-state index in [4.69, 9.17) is 19.7 Å². The zero-order valence-electron chi connectivity index (χ0n) is 11.0. The number of hydrogen-bond donors (Lipinski definition) is 1. The number of nitrogens with zero attached hydrogens (tertiary/aromatic N) is 2. The third kappa shape index (κ3) is 3.23. The highest BCUT2D eigenvalue weighted by Crippen LogP contribution is 2.25. The minimum atomic E-state index is 0.240. The van der Waals surface area contributed by atoms with Gasteiger partial charge in [0.25, 0.3) is 0 Å². The van der Waals surface area contributed by atoms with Crippen LogP contribution in [0.4, 0.5) is 0 Å². The minimum Gasteiger partial charge on any atom is -0.497 e. The lowest BCUT2D eigenvalue weighted by Crippen LogP contribution is -2.04. The highest BCUT2D eigenvalue weighted by molar-refractivity contribution is 5.40. The van der Waals surface area contributed by atoms with E-state index in [1.54, 1.807) is 13.2 Å². The van der Waals surface area contributed by atoms with Gasteiger partial charge in [0.15, 0.2) is 6.61 Å². The smallest absolute Gasteiger partial charge is 0.226 e. The summed E-state index contributed by atoms with van der Waals surface area (Å²) in [4.78, 5) is 4.18. The molecule has 0 unspecified atom stereocenters. The quantitative estimate of drug-likeness (QED) is 0.853. The Kier molecular flexibility index (Phi) is 4.35. The van der Waals surface area contributed by atoms with Crippen molar-refractivity contribution in [1.82, 2.24) is 10.1 Å². The highest BCUT2D eigenvalue weighted by atomic mass is 16.5. The van der Waals surface area contributed by atoms with Gasteiger partial charge >= 0.3 is 0 Å². The first-order valence-electron chi connectivity index (χ1n) is 6.08. The number of ether oxygens (including phenoxy) is 2. The molecule has 2 aromatic rings. The molecule has 1 heterocycles. The van der Waals surface area contributed by atoms with Gasteiger partial charge in [0.2, 0.25) is 11.7 Å². The molecule has 0 amide bonds. The number of methoxy groups -OCH3 is 1. The summed E-state index contributed by atoms with van der Waals surface area (Å²) in [5.74, 6) is 2.50. The first-order valence-corrected chi connectivity index (χ1v) is 6.08. The van der Waals surface area contributed by atoms with Crippen LogP contribution in [0.5, 0.6) is 11.5 Å². The van der Waals surface area contributed by atoms with Crippen LogP contribution in [0, 0.1) is 0 Å². The van der Waals surface area contributed by atoms with Crippen molar-refractivity contribution in [3.63, 3.8) is 0 Å². The fourth-order valence-electron chi connectivity index (χ4n) is 1.60. The van der Waals surface area contributed by atoms with Gasteiger partial charge in [-0.2, -0.15) is 4.98 Å². The van der Waals surface area contributed by atoms with Crippen LogP contribution in [0.25, 0.3) is 0 Å². The second kappa shape index (κ2) is 6.19. The monoisotopic (exact) mass is 263 g/mol. The van der Waals surface area contributed by atoms with Gasteiger partial charge in [0.05, 0.1) is 7.11 Å². The summed E-state index contributed by atoms with van der Waals surface area (Å²) in [6.45, 7) is 2.59. The number of rotatable bonds is 6. The lowest BCUT2D eigenvalue weighted by molar-refractivity contribution is 0.281. The van der Waals surface area contributed by atoms with Crippen molar-refractivity contribution in [1.29, 1.82) is 0 Å². The van der Waals surface area contributed by atoms with Gasteiger partial charge in [-0.15, -0.1) is 0 Å². The topological polar surface area (TPSA) is 83.4 Å². The van der Waals surface area contributed by atoms with Gasteiger partial charge in [0, 0.05) is 24.6 Å². The van der Waals surface area contributed by atoms with Crippen LogP contribution in [0.1, 0.15) is 24.2 Å². The molecule has 19 heavy (non-hydrogen) atoms. The van der Waals surface area contributed by atoms with Crippen LogP contribution in [-0.2, 0) is 19.6 Å². The number of hydrogen-bond acceptors (Lipinski definition) is 6. The van der Waals surface area contributed by atoms with Crippen molar-refractivity contribution < 1.29 is 14.0 Å². The largest absolute Gasteiger partial charge is 0.497 e. The lowest BCUT2D eigenvalue weighted by Gasteiger charge is -2.10. The summed E-state index contributed by atoms with van der Waals surface area (Å²) < 4.78 is 15.8. The van der Waals surface area contributed by atoms with Crippen LogP contribution >= 0.6 is 0 Å². The van der Waals surface area contributed by atoms with E-state index in [1.165, 1.54) is 0 Å². The Balaban J connectivity index is 2.09. The molecule has 0 spiro atoms. The van der Waals surface area contributed by atoms with E-state index in [9.17, 15) is 0 Å². The number of aromatic nitrogens is 2. The molecule has 0 radical (unpaired) electrons. The van der Waals surface area contributed by atoms with E-state index >= 15 is 0 Å². The molecule has 0 saturated carbocycles. The molecule has 6 nitrogen and oxygen atoms in total. The maximum atomic E-state index is 5.67. The van der Waals surface area contributed by atoms with Crippen LogP contribution in [0.3, 0.4) is 0 Å². The van der Waals surface area contributed by atoms with E-state index in [0.717, 1.165) is 11.3 Å². The third-order valence-corrected chi connectivity index (χ3v) is 2.66. The van der Waals surface area contributed by atoms with Gasteiger partial charge in [-0.3, -0.25) is 0 Å². The Bertz CT molecular complexity index is 540. The van der Waals surface area contributed by atoms with Gasteiger partial charge in [-0.25, -0.2) is 0 Å². The predicted octanol–water partition coefficient (Wildman–Crippen LogP) is 1.68. The van der Waals surface area contributed by atoms with Crippen LogP contribution in [-0.4, -0.2) is 17.3 Å². The molecule has 0 aliphatic heterocycles. The second-order valence-electron chi connectivity index (χ2n) is 3.92. The summed E-state index contributed by atoms with van der Waals surface area (Å²) in [5.41, 5.74) is 6.57. The molecule has 102 valence electrons. The summed E-state index contributed by atoms with van der Waals surface area (Å²) in [7, 11) is 1.61. The SMILES string of the molecule is CCc1nc(COc2cc(OC)ccc2CN)no1. The van der Waals surface area contributed by atoms with E-state index in [-0.39, 0.29) is 6.61 Å². The van der Waals surface area contributed by atoms with E-state index in [2.05, 4.69) is 10.1 Å². The number of nitrogens with two attached hydrogens (primary N) is 1. The minimum absolute atomic E-state index is 0.240. The fourth-order valence-corrected chi connectivity index (χ4v) is 1.60. The number of benzene rings is 1. The highest BCUT2D eigenvalue weighted by Gasteiger charge is 2.08. The average molecular weight is 263 g/mol. The van der Waals surface area contributed by atoms with Crippen LogP contribution in [0.2, 0.25) is 0 Å². The molecule has 0 saturated heterocycles. The first kappa shape index (κ1) is 13.4. The Morgan fingerprint density at radius 2 is 2.21 bits per heavy atom. The van der Waals surface area contributed by atoms with Gasteiger partial charge in [-0.05, 0) is 6.07 Å². The Hall–Kier alpha value is -2.08. The predicted molar refractivity (Wildman–Crippen MR) is 68.9 cm³/mol. The molecule has 0 bridgehead atoms. The van der Waals surface area contributed by atoms with Gasteiger partial charge in [0.1, 0.15) is 11.5 Å². The van der Waals surface area contributed by atoms with E-state index < -0.39 is 0 Å². The molecule has 2 N–H and O–H groups in total. The maximum absolute atomic E-state index is 5.67. The standard InChI is InChI=1S/C13H17N3O3/c1-3-13-15-12(16-19-13)8-18-11-6-10(17-2)5-4-9(11)7-14/h4-6H,3,7-8,14H2,1-2H3. The van der Waals surface area contributed by atoms with Crippen molar-refractivity contribution in [3.05, 3.63) is 35.5 Å². The molecule has 0 aliphatic rings. The zero-order valence-corrected chi connectivity index (χ0v) is 11.0. The van der Waals surface area contributed by atoms with E-state index in [0.29, 0.717) is 30.4 Å². The van der Waals surface area contributed by atoms with Gasteiger partial charge in [-0.1, -0.05) is 18.1 Å². The molecule has 0 aliphatic carbocycles. The summed E-state index contributed by atoms with van der Waals surface area (Å²) in [6.07, 6.45) is 0.709. The van der Waals surface area contributed by atoms with Crippen molar-refractivity contribution in [2.75, 3.05) is 7.11 Å². The summed E-state index contributed by atoms with van der Waals surface area (Å²) in [5, 5.41) is 3.83. The van der Waals surface area contributed by atoms with Crippen molar-refractivity contribution in [2.24, 2.45) is 5.73 Å². The molecule has 2 rings (SSSR count). The first-order chi connectivity index (χ1) is 9.26. The average Bonchev–Trinajstić information content (AvgIpc) is 2.92. The molecule has 6 heteroatoms.